The first-order valence-electron chi connectivity index (χ1n) is 2.19. The first-order chi connectivity index (χ1) is 6.00. The van der Waals surface area contributed by atoms with Crippen LogP contribution in [0.5, 0.6) is 0 Å². The van der Waals surface area contributed by atoms with Crippen LogP contribution in [0, 0.1) is 0 Å². The SMILES string of the molecule is O=P([O-])([O-])[O-].O=P([O-])([O-])[O-].O=P([O-])([O-])[O-].[Al+3].[Co+2].[Si+4]. The molecule has 0 saturated heterocycles. The molecule has 18 heteroatoms. The summed E-state index contributed by atoms with van der Waals surface area (Å²) in [5.41, 5.74) is 0. The average Bonchev–Trinajstić information content (AvgIpc) is 1.41. The molecule has 12 nitrogen and oxygen atoms in total. The van der Waals surface area contributed by atoms with E-state index in [1.807, 2.05) is 0 Å². The third kappa shape index (κ3) is 1920. The van der Waals surface area contributed by atoms with Gasteiger partial charge in [0.15, 0.2) is 0 Å². The molecule has 0 aliphatic heterocycles. The number of hydrogen-bond acceptors (Lipinski definition) is 12. The molecule has 0 aromatic carbocycles. The molecule has 0 unspecified atom stereocenters. The van der Waals surface area contributed by atoms with Crippen molar-refractivity contribution in [1.29, 1.82) is 0 Å². The summed E-state index contributed by atoms with van der Waals surface area (Å²) >= 11 is 0. The zero-order valence-corrected chi connectivity index (χ0v) is 13.5. The van der Waals surface area contributed by atoms with E-state index in [0.717, 1.165) is 0 Å². The summed E-state index contributed by atoms with van der Waals surface area (Å²) in [7, 11) is -16.2. The van der Waals surface area contributed by atoms with Crippen LogP contribution in [0.3, 0.4) is 0 Å². The van der Waals surface area contributed by atoms with E-state index in [-0.39, 0.29) is 45.1 Å². The zero-order chi connectivity index (χ0) is 13.5. The quantitative estimate of drug-likeness (QED) is 0.272. The summed E-state index contributed by atoms with van der Waals surface area (Å²) in [5.74, 6) is 0. The molecule has 18 heavy (non-hydrogen) atoms. The van der Waals surface area contributed by atoms with Crippen molar-refractivity contribution in [3.05, 3.63) is 0 Å². The van der Waals surface area contributed by atoms with Gasteiger partial charge in [-0.3, -0.25) is 0 Å². The van der Waals surface area contributed by atoms with Gasteiger partial charge in [0.1, 0.15) is 0 Å². The van der Waals surface area contributed by atoms with Gasteiger partial charge in [-0.15, -0.1) is 0 Å². The summed E-state index contributed by atoms with van der Waals surface area (Å²) in [4.78, 5) is 76.9. The average molecular weight is 399 g/mol. The van der Waals surface area contributed by atoms with Gasteiger partial charge in [0.2, 0.25) is 0 Å². The van der Waals surface area contributed by atoms with Crippen molar-refractivity contribution in [2.45, 2.75) is 0 Å². The van der Waals surface area contributed by atoms with Crippen molar-refractivity contribution in [2.75, 3.05) is 0 Å². The minimum atomic E-state index is -5.39. The van der Waals surface area contributed by atoms with Crippen molar-refractivity contribution >= 4 is 51.8 Å². The maximum Gasteiger partial charge on any atom is 4.00 e. The molecule has 0 fully saturated rings. The van der Waals surface area contributed by atoms with E-state index in [4.69, 9.17) is 57.7 Å². The Bertz CT molecular complexity index is 213. The third-order valence-electron chi connectivity index (χ3n) is 0. The fraction of sp³-hybridized carbons (Fsp3) is 0. The summed E-state index contributed by atoms with van der Waals surface area (Å²) < 4.78 is 25.6. The molecule has 0 spiro atoms. The molecular weight excluding hydrogens is 399 g/mol. The van der Waals surface area contributed by atoms with Crippen LogP contribution in [0.25, 0.3) is 0 Å². The standard InChI is InChI=1S/Al.Co.3H3O4P.Si/c;;3*1-5(2,3)4;/h;;3*(H3,1,2,3,4);/q+3;+2;;;;+4/p-9. The zero-order valence-electron chi connectivity index (χ0n) is 7.65. The topological polar surface area (TPSA) is 259 Å². The Hall–Kier alpha value is 1.59. The molecule has 0 aromatic rings. The second-order valence-corrected chi connectivity index (χ2v) is 4.02. The molecule has 0 aliphatic carbocycles. The van der Waals surface area contributed by atoms with Crippen LogP contribution in [0.15, 0.2) is 0 Å². The van der Waals surface area contributed by atoms with Gasteiger partial charge in [-0.25, -0.2) is 0 Å². The predicted octanol–water partition coefficient (Wildman–Crippen LogP) is -9.24. The minimum absolute atomic E-state index is 0. The fourth-order valence-electron chi connectivity index (χ4n) is 0. The molecule has 0 atom stereocenters. The van der Waals surface area contributed by atoms with Crippen LogP contribution in [0.4, 0.5) is 0 Å². The van der Waals surface area contributed by atoms with E-state index in [1.54, 1.807) is 0 Å². The molecule has 0 amide bonds. The van der Waals surface area contributed by atoms with Crippen LogP contribution in [-0.4, -0.2) is 28.3 Å². The summed E-state index contributed by atoms with van der Waals surface area (Å²) in [6.07, 6.45) is 0. The van der Waals surface area contributed by atoms with E-state index in [2.05, 4.69) is 0 Å². The van der Waals surface area contributed by atoms with Gasteiger partial charge >= 0.3 is 45.1 Å². The van der Waals surface area contributed by atoms with Gasteiger partial charge in [0.25, 0.3) is 0 Å². The van der Waals surface area contributed by atoms with E-state index in [9.17, 15) is 0 Å². The first kappa shape index (κ1) is 36.7. The Labute approximate surface area is 126 Å². The van der Waals surface area contributed by atoms with Crippen LogP contribution in [0.1, 0.15) is 0 Å². The largest absolute Gasteiger partial charge is 4.00 e. The number of hydrogen-bond donors (Lipinski definition) is 0. The molecule has 0 heterocycles. The predicted molar refractivity (Wildman–Crippen MR) is 34.3 cm³/mol. The van der Waals surface area contributed by atoms with Crippen molar-refractivity contribution in [2.24, 2.45) is 0 Å². The van der Waals surface area contributed by atoms with Crippen molar-refractivity contribution in [3.63, 3.8) is 0 Å². The molecule has 0 rings (SSSR count). The van der Waals surface area contributed by atoms with Crippen LogP contribution in [-0.2, 0) is 30.5 Å². The maximum atomic E-state index is 8.55. The van der Waals surface area contributed by atoms with E-state index >= 15 is 0 Å². The van der Waals surface area contributed by atoms with Gasteiger partial charge in [0, 0.05) is 0 Å². The van der Waals surface area contributed by atoms with Crippen LogP contribution >= 0.6 is 23.5 Å². The van der Waals surface area contributed by atoms with Gasteiger partial charge in [0.05, 0.1) is 0 Å². The summed E-state index contributed by atoms with van der Waals surface area (Å²) in [6.45, 7) is 0. The van der Waals surface area contributed by atoms with Gasteiger partial charge < -0.3 is 57.7 Å². The number of phosphoric acid groups is 3. The van der Waals surface area contributed by atoms with Crippen molar-refractivity contribution < 1.29 is 74.5 Å². The first-order valence-corrected chi connectivity index (χ1v) is 6.57. The molecule has 1 radical (unpaired) electrons. The maximum absolute atomic E-state index is 8.55. The van der Waals surface area contributed by atoms with E-state index < -0.39 is 23.5 Å². The van der Waals surface area contributed by atoms with E-state index in [1.165, 1.54) is 0 Å². The van der Waals surface area contributed by atoms with E-state index in [0.29, 0.717) is 0 Å². The van der Waals surface area contributed by atoms with Gasteiger partial charge in [-0.05, 0) is 0 Å². The molecular formula is AlCoO12P3Si. The normalized spacial score (nSPS) is 9.83. The van der Waals surface area contributed by atoms with Crippen LogP contribution in [0.2, 0.25) is 0 Å². The Kier molecular flexibility index (Phi) is 30.5. The van der Waals surface area contributed by atoms with Gasteiger partial charge in [-0.1, -0.05) is 0 Å². The molecule has 0 aliphatic rings. The molecule has 0 aromatic heterocycles. The third-order valence-corrected chi connectivity index (χ3v) is 0. The van der Waals surface area contributed by atoms with Crippen molar-refractivity contribution in [3.8, 4) is 0 Å². The second kappa shape index (κ2) is 15.0. The Morgan fingerprint density at radius 2 is 0.500 bits per heavy atom. The van der Waals surface area contributed by atoms with Crippen molar-refractivity contribution in [1.82, 2.24) is 0 Å². The minimum Gasteiger partial charge on any atom is -0.822 e. The summed E-state index contributed by atoms with van der Waals surface area (Å²) in [5, 5.41) is 0. The molecule has 103 valence electrons. The molecule has 0 saturated carbocycles. The fourth-order valence-corrected chi connectivity index (χ4v) is 0. The Morgan fingerprint density at radius 3 is 0.500 bits per heavy atom. The Morgan fingerprint density at radius 1 is 0.500 bits per heavy atom. The van der Waals surface area contributed by atoms with Gasteiger partial charge in [-0.2, -0.15) is 23.5 Å². The molecule has 0 bridgehead atoms. The monoisotopic (exact) mass is 399 g/mol. The number of rotatable bonds is 0. The van der Waals surface area contributed by atoms with Crippen LogP contribution < -0.4 is 44.0 Å². The summed E-state index contributed by atoms with van der Waals surface area (Å²) in [6, 6.07) is 0. The smallest absolute Gasteiger partial charge is 0.822 e. The molecule has 0 N–H and O–H groups in total. The second-order valence-electron chi connectivity index (χ2n) is 1.34. The Balaban J connectivity index is -0.0000000277.